The van der Waals surface area contributed by atoms with Crippen molar-refractivity contribution in [2.75, 3.05) is 13.2 Å². The van der Waals surface area contributed by atoms with Gasteiger partial charge in [-0.1, -0.05) is 13.8 Å². The summed E-state index contributed by atoms with van der Waals surface area (Å²) in [6.07, 6.45) is 3.59. The van der Waals surface area contributed by atoms with Crippen LogP contribution < -0.4 is 5.32 Å². The number of aromatic nitrogens is 1. The number of nitrogens with zero attached hydrogens (tertiary/aromatic N) is 1. The van der Waals surface area contributed by atoms with Gasteiger partial charge < -0.3 is 10.4 Å². The van der Waals surface area contributed by atoms with Crippen molar-refractivity contribution in [2.24, 2.45) is 5.41 Å². The molecule has 0 aliphatic carbocycles. The van der Waals surface area contributed by atoms with Crippen molar-refractivity contribution in [2.45, 2.75) is 26.8 Å². The molecule has 3 heteroatoms. The van der Waals surface area contributed by atoms with Crippen LogP contribution >= 0.6 is 0 Å². The maximum absolute atomic E-state index is 9.13. The molecule has 1 aromatic rings. The molecule has 1 heterocycles. The average molecular weight is 208 g/mol. The van der Waals surface area contributed by atoms with Gasteiger partial charge in [0, 0.05) is 37.0 Å². The van der Waals surface area contributed by atoms with E-state index in [4.69, 9.17) is 5.11 Å². The quantitative estimate of drug-likeness (QED) is 0.775. The van der Waals surface area contributed by atoms with Gasteiger partial charge in [0.05, 0.1) is 0 Å². The van der Waals surface area contributed by atoms with Crippen LogP contribution in [-0.4, -0.2) is 23.2 Å². The molecule has 0 saturated heterocycles. The lowest BCUT2D eigenvalue weighted by Gasteiger charge is -2.25. The third-order valence-corrected chi connectivity index (χ3v) is 2.52. The lowest BCUT2D eigenvalue weighted by molar-refractivity contribution is 0.154. The van der Waals surface area contributed by atoms with Gasteiger partial charge in [-0.05, 0) is 24.6 Å². The minimum Gasteiger partial charge on any atom is -0.396 e. The molecule has 0 bridgehead atoms. The molecular weight excluding hydrogens is 188 g/mol. The van der Waals surface area contributed by atoms with Gasteiger partial charge in [0.15, 0.2) is 0 Å². The van der Waals surface area contributed by atoms with Gasteiger partial charge in [0.25, 0.3) is 0 Å². The third-order valence-electron chi connectivity index (χ3n) is 2.52. The van der Waals surface area contributed by atoms with E-state index in [0.717, 1.165) is 6.54 Å². The largest absolute Gasteiger partial charge is 0.396 e. The van der Waals surface area contributed by atoms with Crippen LogP contribution in [0.1, 0.15) is 32.4 Å². The standard InChI is InChI=1S/C12H20N2O/c1-10(11-4-6-13-7-5-11)14-8-12(2,3)9-15/h4-7,10,14-15H,8-9H2,1-3H3. The highest BCUT2D eigenvalue weighted by atomic mass is 16.3. The van der Waals surface area contributed by atoms with Gasteiger partial charge in [-0.15, -0.1) is 0 Å². The fourth-order valence-corrected chi connectivity index (χ4v) is 1.26. The summed E-state index contributed by atoms with van der Waals surface area (Å²) >= 11 is 0. The molecule has 0 aliphatic rings. The van der Waals surface area contributed by atoms with Crippen molar-refractivity contribution in [3.05, 3.63) is 30.1 Å². The molecule has 0 aromatic carbocycles. The minimum absolute atomic E-state index is 0.0682. The molecule has 0 fully saturated rings. The second-order valence-electron chi connectivity index (χ2n) is 4.71. The molecule has 0 spiro atoms. The number of aliphatic hydroxyl groups excluding tert-OH is 1. The van der Waals surface area contributed by atoms with Gasteiger partial charge >= 0.3 is 0 Å². The zero-order valence-electron chi connectivity index (χ0n) is 9.70. The first-order chi connectivity index (χ1) is 7.05. The Kier molecular flexibility index (Phi) is 4.24. The summed E-state index contributed by atoms with van der Waals surface area (Å²) < 4.78 is 0. The van der Waals surface area contributed by atoms with Crippen LogP contribution in [0.5, 0.6) is 0 Å². The van der Waals surface area contributed by atoms with Gasteiger partial charge in [0.2, 0.25) is 0 Å². The lowest BCUT2D eigenvalue weighted by Crippen LogP contribution is -2.33. The highest BCUT2D eigenvalue weighted by Gasteiger charge is 2.17. The Morgan fingerprint density at radius 1 is 1.40 bits per heavy atom. The van der Waals surface area contributed by atoms with Gasteiger partial charge in [-0.2, -0.15) is 0 Å². The number of aliphatic hydroxyl groups is 1. The number of hydrogen-bond donors (Lipinski definition) is 2. The maximum atomic E-state index is 9.13. The molecular formula is C12H20N2O. The smallest absolute Gasteiger partial charge is 0.0494 e. The van der Waals surface area contributed by atoms with Crippen LogP contribution in [-0.2, 0) is 0 Å². The third kappa shape index (κ3) is 3.98. The fourth-order valence-electron chi connectivity index (χ4n) is 1.26. The Morgan fingerprint density at radius 2 is 2.00 bits per heavy atom. The van der Waals surface area contributed by atoms with Crippen molar-refractivity contribution in [3.8, 4) is 0 Å². The Morgan fingerprint density at radius 3 is 2.53 bits per heavy atom. The van der Waals surface area contributed by atoms with E-state index in [0.29, 0.717) is 6.04 Å². The summed E-state index contributed by atoms with van der Waals surface area (Å²) in [5.74, 6) is 0. The SMILES string of the molecule is CC(NCC(C)(C)CO)c1ccncc1. The van der Waals surface area contributed by atoms with Crippen molar-refractivity contribution >= 4 is 0 Å². The normalized spacial score (nSPS) is 13.9. The average Bonchev–Trinajstić information content (AvgIpc) is 2.27. The Bertz CT molecular complexity index is 285. The fraction of sp³-hybridized carbons (Fsp3) is 0.583. The topological polar surface area (TPSA) is 45.1 Å². The number of hydrogen-bond acceptors (Lipinski definition) is 3. The highest BCUT2D eigenvalue weighted by Crippen LogP contribution is 2.15. The van der Waals surface area contributed by atoms with Crippen LogP contribution in [0.2, 0.25) is 0 Å². The van der Waals surface area contributed by atoms with E-state index in [1.807, 2.05) is 26.0 Å². The molecule has 1 aromatic heterocycles. The molecule has 1 rings (SSSR count). The van der Waals surface area contributed by atoms with E-state index in [1.165, 1.54) is 5.56 Å². The van der Waals surface area contributed by atoms with Gasteiger partial charge in [-0.25, -0.2) is 0 Å². The van der Waals surface area contributed by atoms with Crippen molar-refractivity contribution in [1.29, 1.82) is 0 Å². The summed E-state index contributed by atoms with van der Waals surface area (Å²) in [7, 11) is 0. The molecule has 84 valence electrons. The molecule has 0 saturated carbocycles. The van der Waals surface area contributed by atoms with E-state index in [-0.39, 0.29) is 12.0 Å². The molecule has 3 nitrogen and oxygen atoms in total. The molecule has 1 atom stereocenters. The summed E-state index contributed by atoms with van der Waals surface area (Å²) in [5.41, 5.74) is 1.15. The van der Waals surface area contributed by atoms with Crippen LogP contribution in [0.15, 0.2) is 24.5 Å². The first-order valence-electron chi connectivity index (χ1n) is 5.29. The van der Waals surface area contributed by atoms with Gasteiger partial charge in [0.1, 0.15) is 0 Å². The summed E-state index contributed by atoms with van der Waals surface area (Å²) in [4.78, 5) is 3.99. The van der Waals surface area contributed by atoms with Crippen molar-refractivity contribution in [3.63, 3.8) is 0 Å². The van der Waals surface area contributed by atoms with E-state index in [1.54, 1.807) is 12.4 Å². The van der Waals surface area contributed by atoms with Crippen LogP contribution in [0.3, 0.4) is 0 Å². The zero-order chi connectivity index (χ0) is 11.3. The number of nitrogens with one attached hydrogen (secondary N) is 1. The second-order valence-corrected chi connectivity index (χ2v) is 4.71. The number of pyridine rings is 1. The molecule has 15 heavy (non-hydrogen) atoms. The first-order valence-corrected chi connectivity index (χ1v) is 5.29. The van der Waals surface area contributed by atoms with E-state index in [2.05, 4.69) is 17.2 Å². The van der Waals surface area contributed by atoms with E-state index >= 15 is 0 Å². The molecule has 0 amide bonds. The van der Waals surface area contributed by atoms with Crippen LogP contribution in [0, 0.1) is 5.41 Å². The maximum Gasteiger partial charge on any atom is 0.0494 e. The predicted octanol–water partition coefficient (Wildman–Crippen LogP) is 1.75. The minimum atomic E-state index is -0.0682. The molecule has 0 aliphatic heterocycles. The van der Waals surface area contributed by atoms with Gasteiger partial charge in [-0.3, -0.25) is 4.98 Å². The van der Waals surface area contributed by atoms with Crippen molar-refractivity contribution < 1.29 is 5.11 Å². The second kappa shape index (κ2) is 5.24. The molecule has 1 unspecified atom stereocenters. The van der Waals surface area contributed by atoms with E-state index < -0.39 is 0 Å². The Labute approximate surface area is 91.5 Å². The summed E-state index contributed by atoms with van der Waals surface area (Å²) in [6.45, 7) is 7.19. The monoisotopic (exact) mass is 208 g/mol. The highest BCUT2D eigenvalue weighted by molar-refractivity contribution is 5.13. The van der Waals surface area contributed by atoms with Crippen LogP contribution in [0.4, 0.5) is 0 Å². The lowest BCUT2D eigenvalue weighted by atomic mass is 9.94. The Balaban J connectivity index is 2.47. The predicted molar refractivity (Wildman–Crippen MR) is 61.5 cm³/mol. The summed E-state index contributed by atoms with van der Waals surface area (Å²) in [6, 6.07) is 4.30. The molecule has 0 radical (unpaired) electrons. The Hall–Kier alpha value is -0.930. The van der Waals surface area contributed by atoms with Crippen LogP contribution in [0.25, 0.3) is 0 Å². The molecule has 2 N–H and O–H groups in total. The zero-order valence-corrected chi connectivity index (χ0v) is 9.70. The van der Waals surface area contributed by atoms with E-state index in [9.17, 15) is 0 Å². The summed E-state index contributed by atoms with van der Waals surface area (Å²) in [5, 5.41) is 12.5. The van der Waals surface area contributed by atoms with Crippen molar-refractivity contribution in [1.82, 2.24) is 10.3 Å². The first kappa shape index (κ1) is 12.1. The number of rotatable bonds is 5.